The van der Waals surface area contributed by atoms with Gasteiger partial charge in [0.25, 0.3) is 0 Å². The topological polar surface area (TPSA) is 90.9 Å². The molecule has 1 rings (SSSR count). The van der Waals surface area contributed by atoms with Gasteiger partial charge in [0.1, 0.15) is 12.8 Å². The first-order valence-corrected chi connectivity index (χ1v) is 8.01. The van der Waals surface area contributed by atoms with Gasteiger partial charge >= 0.3 is 5.97 Å². The fourth-order valence-corrected chi connectivity index (χ4v) is 2.77. The van der Waals surface area contributed by atoms with E-state index < -0.39 is 17.6 Å². The zero-order valence-electron chi connectivity index (χ0n) is 14.3. The van der Waals surface area contributed by atoms with E-state index >= 15 is 0 Å². The molecule has 132 valence electrons. The minimum absolute atomic E-state index is 0.00379. The SMILES string of the molecule is C=CC(=O)N1COC(CCNC)(CCNC(C(=O)O)C(C)C)C1. The van der Waals surface area contributed by atoms with Crippen LogP contribution in [0.3, 0.4) is 0 Å². The molecule has 0 aromatic heterocycles. The second-order valence-electron chi connectivity index (χ2n) is 6.31. The Morgan fingerprint density at radius 1 is 1.39 bits per heavy atom. The molecule has 0 aromatic rings. The van der Waals surface area contributed by atoms with E-state index in [1.807, 2.05) is 20.9 Å². The summed E-state index contributed by atoms with van der Waals surface area (Å²) in [5.41, 5.74) is -0.450. The lowest BCUT2D eigenvalue weighted by atomic mass is 9.94. The third-order valence-electron chi connectivity index (χ3n) is 4.20. The van der Waals surface area contributed by atoms with Crippen LogP contribution in [0.25, 0.3) is 0 Å². The molecule has 1 saturated heterocycles. The average molecular weight is 327 g/mol. The van der Waals surface area contributed by atoms with Gasteiger partial charge in [-0.25, -0.2) is 0 Å². The number of nitrogens with one attached hydrogen (secondary N) is 2. The molecule has 1 aliphatic rings. The summed E-state index contributed by atoms with van der Waals surface area (Å²) in [5.74, 6) is -0.987. The van der Waals surface area contributed by atoms with Crippen LogP contribution in [0, 0.1) is 5.92 Å². The van der Waals surface area contributed by atoms with E-state index in [2.05, 4.69) is 17.2 Å². The Kier molecular flexibility index (Phi) is 7.67. The molecule has 0 radical (unpaired) electrons. The molecule has 1 aliphatic heterocycles. The fraction of sp³-hybridized carbons (Fsp3) is 0.750. The molecule has 2 atom stereocenters. The van der Waals surface area contributed by atoms with Crippen LogP contribution >= 0.6 is 0 Å². The largest absolute Gasteiger partial charge is 0.480 e. The summed E-state index contributed by atoms with van der Waals surface area (Å²) in [6.07, 6.45) is 2.69. The first-order chi connectivity index (χ1) is 10.8. The number of rotatable bonds is 10. The zero-order chi connectivity index (χ0) is 17.5. The molecule has 2 unspecified atom stereocenters. The van der Waals surface area contributed by atoms with Crippen LogP contribution in [0.2, 0.25) is 0 Å². The summed E-state index contributed by atoms with van der Waals surface area (Å²) in [6.45, 7) is 9.29. The fourth-order valence-electron chi connectivity index (χ4n) is 2.77. The lowest BCUT2D eigenvalue weighted by Crippen LogP contribution is -2.45. The number of nitrogens with zero attached hydrogens (tertiary/aromatic N) is 1. The first-order valence-electron chi connectivity index (χ1n) is 8.01. The lowest BCUT2D eigenvalue weighted by molar-refractivity contribution is -0.140. The van der Waals surface area contributed by atoms with Crippen molar-refractivity contribution in [1.29, 1.82) is 0 Å². The normalized spacial score (nSPS) is 22.3. The molecular formula is C16H29N3O4. The summed E-state index contributed by atoms with van der Waals surface area (Å²) >= 11 is 0. The molecule has 7 heteroatoms. The molecule has 0 spiro atoms. The minimum Gasteiger partial charge on any atom is -0.480 e. The minimum atomic E-state index is -0.847. The number of hydrogen-bond donors (Lipinski definition) is 3. The zero-order valence-corrected chi connectivity index (χ0v) is 14.3. The van der Waals surface area contributed by atoms with E-state index in [9.17, 15) is 14.7 Å². The summed E-state index contributed by atoms with van der Waals surface area (Å²) in [6, 6.07) is -0.580. The van der Waals surface area contributed by atoms with E-state index in [-0.39, 0.29) is 18.6 Å². The van der Waals surface area contributed by atoms with Crippen molar-refractivity contribution in [3.05, 3.63) is 12.7 Å². The van der Waals surface area contributed by atoms with Gasteiger partial charge in [0.15, 0.2) is 0 Å². The van der Waals surface area contributed by atoms with Gasteiger partial charge in [0, 0.05) is 0 Å². The highest BCUT2D eigenvalue weighted by Gasteiger charge is 2.40. The monoisotopic (exact) mass is 327 g/mol. The highest BCUT2D eigenvalue weighted by Crippen LogP contribution is 2.28. The summed E-state index contributed by atoms with van der Waals surface area (Å²) in [5, 5.41) is 15.4. The van der Waals surface area contributed by atoms with E-state index in [0.717, 1.165) is 13.0 Å². The standard InChI is InChI=1S/C16H29N3O4/c1-5-13(20)19-10-16(23-11-19,6-8-17-4)7-9-18-14(12(2)3)15(21)22/h5,12,14,17-18H,1,6-11H2,2-4H3,(H,21,22). The van der Waals surface area contributed by atoms with Gasteiger partial charge in [0.05, 0.1) is 12.1 Å². The molecule has 1 amide bonds. The molecule has 0 aliphatic carbocycles. The molecule has 1 fully saturated rings. The average Bonchev–Trinajstić information content (AvgIpc) is 2.93. The Labute approximate surface area is 138 Å². The van der Waals surface area contributed by atoms with Crippen LogP contribution in [0.1, 0.15) is 26.7 Å². The molecule has 0 aromatic carbocycles. The van der Waals surface area contributed by atoms with Crippen LogP contribution in [-0.2, 0) is 14.3 Å². The smallest absolute Gasteiger partial charge is 0.320 e. The van der Waals surface area contributed by atoms with Crippen LogP contribution in [-0.4, -0.2) is 66.9 Å². The molecule has 0 bridgehead atoms. The van der Waals surface area contributed by atoms with Crippen LogP contribution in [0.5, 0.6) is 0 Å². The predicted octanol–water partition coefficient (Wildman–Crippen LogP) is 0.426. The van der Waals surface area contributed by atoms with Crippen molar-refractivity contribution in [2.24, 2.45) is 5.92 Å². The van der Waals surface area contributed by atoms with Gasteiger partial charge < -0.3 is 25.4 Å². The maximum atomic E-state index is 11.8. The van der Waals surface area contributed by atoms with E-state index in [1.165, 1.54) is 6.08 Å². The predicted molar refractivity (Wildman–Crippen MR) is 88.0 cm³/mol. The van der Waals surface area contributed by atoms with Gasteiger partial charge in [-0.15, -0.1) is 0 Å². The van der Waals surface area contributed by atoms with E-state index in [1.54, 1.807) is 4.90 Å². The Balaban J connectivity index is 2.63. The number of carboxylic acid groups (broad SMARTS) is 1. The van der Waals surface area contributed by atoms with Crippen molar-refractivity contribution >= 4 is 11.9 Å². The second kappa shape index (κ2) is 9.00. The highest BCUT2D eigenvalue weighted by molar-refractivity contribution is 5.87. The Morgan fingerprint density at radius 3 is 2.57 bits per heavy atom. The summed E-state index contributed by atoms with van der Waals surface area (Å²) in [7, 11) is 1.87. The number of amides is 1. The number of aliphatic carboxylic acids is 1. The third kappa shape index (κ3) is 5.60. The van der Waals surface area contributed by atoms with Crippen LogP contribution in [0.15, 0.2) is 12.7 Å². The summed E-state index contributed by atoms with van der Waals surface area (Å²) < 4.78 is 5.91. The number of hydrogen-bond acceptors (Lipinski definition) is 5. The second-order valence-corrected chi connectivity index (χ2v) is 6.31. The number of ether oxygens (including phenoxy) is 1. The van der Waals surface area contributed by atoms with Crippen molar-refractivity contribution in [3.8, 4) is 0 Å². The molecular weight excluding hydrogens is 298 g/mol. The Morgan fingerprint density at radius 2 is 2.04 bits per heavy atom. The Bertz CT molecular complexity index is 428. The van der Waals surface area contributed by atoms with Gasteiger partial charge in [-0.05, 0) is 45.0 Å². The van der Waals surface area contributed by atoms with E-state index in [0.29, 0.717) is 19.5 Å². The van der Waals surface area contributed by atoms with Crippen molar-refractivity contribution in [3.63, 3.8) is 0 Å². The van der Waals surface area contributed by atoms with Crippen molar-refractivity contribution in [1.82, 2.24) is 15.5 Å². The quantitative estimate of drug-likeness (QED) is 0.504. The maximum absolute atomic E-state index is 11.8. The molecule has 1 heterocycles. The highest BCUT2D eigenvalue weighted by atomic mass is 16.5. The van der Waals surface area contributed by atoms with Crippen molar-refractivity contribution in [2.75, 3.05) is 33.4 Å². The third-order valence-corrected chi connectivity index (χ3v) is 4.20. The van der Waals surface area contributed by atoms with Crippen molar-refractivity contribution < 1.29 is 19.4 Å². The Hall–Kier alpha value is -1.44. The van der Waals surface area contributed by atoms with Crippen molar-refractivity contribution in [2.45, 2.75) is 38.3 Å². The van der Waals surface area contributed by atoms with Gasteiger partial charge in [-0.2, -0.15) is 0 Å². The van der Waals surface area contributed by atoms with E-state index in [4.69, 9.17) is 4.74 Å². The molecule has 0 saturated carbocycles. The first kappa shape index (κ1) is 19.6. The maximum Gasteiger partial charge on any atom is 0.320 e. The molecule has 7 nitrogen and oxygen atoms in total. The van der Waals surface area contributed by atoms with Crippen LogP contribution in [0.4, 0.5) is 0 Å². The molecule has 3 N–H and O–H groups in total. The van der Waals surface area contributed by atoms with Crippen LogP contribution < -0.4 is 10.6 Å². The lowest BCUT2D eigenvalue weighted by Gasteiger charge is -2.29. The number of carboxylic acids is 1. The summed E-state index contributed by atoms with van der Waals surface area (Å²) in [4.78, 5) is 24.6. The van der Waals surface area contributed by atoms with Gasteiger partial charge in [-0.1, -0.05) is 20.4 Å². The number of carbonyl (C=O) groups is 2. The van der Waals surface area contributed by atoms with Gasteiger partial charge in [0.2, 0.25) is 5.91 Å². The number of carbonyl (C=O) groups excluding carboxylic acids is 1. The van der Waals surface area contributed by atoms with Gasteiger partial charge in [-0.3, -0.25) is 9.59 Å². The molecule has 23 heavy (non-hydrogen) atoms.